The second-order valence-electron chi connectivity index (χ2n) is 10.4. The fourth-order valence-corrected chi connectivity index (χ4v) is 7.31. The summed E-state index contributed by atoms with van der Waals surface area (Å²) >= 11 is 12.0. The molecule has 0 saturated heterocycles. The molecule has 174 valence electrons. The SMILES string of the molecule is CC(Cl)(Cl)C(=O)O[C@H]1C[C@]2(C)[C@@H](C(=O)C(=O)O)CC[C@H]2[C@@H]2CCC3=CC(=O)C=C[C@]3(C)[C@H]21. The van der Waals surface area contributed by atoms with Crippen LogP contribution in [0.25, 0.3) is 0 Å². The standard InChI is InChI=1S/C24H28Cl2O6/c1-22-9-8-13(27)10-12(22)4-5-14-15-6-7-16(19(28)20(29)30)23(15,2)11-17(18(14)22)32-21(31)24(3,25)26/h8-10,14-18H,4-7,11H2,1-3H3,(H,29,30)/t14-,15-,16+,17-,18+,22-,23-/m0/s1. The highest BCUT2D eigenvalue weighted by molar-refractivity contribution is 6.57. The first kappa shape index (κ1) is 23.5. The van der Waals surface area contributed by atoms with Crippen LogP contribution in [0.5, 0.6) is 0 Å². The molecule has 7 atom stereocenters. The molecule has 0 aromatic carbocycles. The van der Waals surface area contributed by atoms with Gasteiger partial charge in [-0.1, -0.05) is 48.7 Å². The summed E-state index contributed by atoms with van der Waals surface area (Å²) in [5.41, 5.74) is -0.0679. The number of rotatable bonds is 4. The Morgan fingerprint density at radius 1 is 1.19 bits per heavy atom. The summed E-state index contributed by atoms with van der Waals surface area (Å²) in [5, 5.41) is 9.40. The van der Waals surface area contributed by atoms with Gasteiger partial charge in [-0.15, -0.1) is 0 Å². The van der Waals surface area contributed by atoms with Gasteiger partial charge in [0.1, 0.15) is 6.10 Å². The van der Waals surface area contributed by atoms with E-state index in [1.165, 1.54) is 6.92 Å². The number of allylic oxidation sites excluding steroid dienone is 4. The maximum Gasteiger partial charge on any atom is 0.372 e. The summed E-state index contributed by atoms with van der Waals surface area (Å²) < 4.78 is 4.19. The molecule has 0 heterocycles. The van der Waals surface area contributed by atoms with Crippen molar-refractivity contribution in [2.24, 2.45) is 34.5 Å². The number of halogens is 2. The summed E-state index contributed by atoms with van der Waals surface area (Å²) in [6.07, 6.45) is 7.69. The van der Waals surface area contributed by atoms with E-state index in [9.17, 15) is 24.3 Å². The Morgan fingerprint density at radius 3 is 2.50 bits per heavy atom. The first-order valence-electron chi connectivity index (χ1n) is 11.1. The van der Waals surface area contributed by atoms with Crippen molar-refractivity contribution in [2.75, 3.05) is 0 Å². The maximum atomic E-state index is 12.7. The predicted octanol–water partition coefficient (Wildman–Crippen LogP) is 4.28. The van der Waals surface area contributed by atoms with Crippen LogP contribution in [-0.4, -0.2) is 39.0 Å². The Kier molecular flexibility index (Phi) is 5.65. The Morgan fingerprint density at radius 2 is 1.88 bits per heavy atom. The molecule has 0 radical (unpaired) electrons. The average Bonchev–Trinajstić information content (AvgIpc) is 3.03. The fraction of sp³-hybridized carbons (Fsp3) is 0.667. The molecule has 4 aliphatic carbocycles. The number of Topliss-reactive ketones (excluding diaryl/α,β-unsaturated/α-hetero) is 1. The number of alkyl halides is 2. The van der Waals surface area contributed by atoms with Gasteiger partial charge in [-0.05, 0) is 68.4 Å². The van der Waals surface area contributed by atoms with Crippen LogP contribution in [0.1, 0.15) is 52.9 Å². The first-order chi connectivity index (χ1) is 14.8. The molecule has 3 saturated carbocycles. The molecule has 32 heavy (non-hydrogen) atoms. The number of carboxylic acid groups (broad SMARTS) is 1. The van der Waals surface area contributed by atoms with E-state index in [4.69, 9.17) is 27.9 Å². The van der Waals surface area contributed by atoms with Gasteiger partial charge in [0.25, 0.3) is 0 Å². The van der Waals surface area contributed by atoms with Gasteiger partial charge in [-0.2, -0.15) is 0 Å². The number of esters is 1. The van der Waals surface area contributed by atoms with Gasteiger partial charge in [-0.25, -0.2) is 9.59 Å². The van der Waals surface area contributed by atoms with Gasteiger partial charge in [0.05, 0.1) is 0 Å². The number of carboxylic acids is 1. The molecule has 0 amide bonds. The van der Waals surface area contributed by atoms with Crippen molar-refractivity contribution in [3.05, 3.63) is 23.8 Å². The molecule has 8 heteroatoms. The van der Waals surface area contributed by atoms with Gasteiger partial charge in [-0.3, -0.25) is 9.59 Å². The van der Waals surface area contributed by atoms with Crippen LogP contribution in [0.15, 0.2) is 23.8 Å². The Labute approximate surface area is 197 Å². The number of hydrogen-bond donors (Lipinski definition) is 1. The molecule has 0 aliphatic heterocycles. The van der Waals surface area contributed by atoms with Crippen molar-refractivity contribution in [1.82, 2.24) is 0 Å². The quantitative estimate of drug-likeness (QED) is 0.364. The van der Waals surface area contributed by atoms with Crippen LogP contribution in [0, 0.1) is 34.5 Å². The van der Waals surface area contributed by atoms with E-state index in [2.05, 4.69) is 6.92 Å². The summed E-state index contributed by atoms with van der Waals surface area (Å²) in [6.45, 7) is 5.38. The second kappa shape index (κ2) is 7.69. The van der Waals surface area contributed by atoms with E-state index in [1.54, 1.807) is 12.2 Å². The van der Waals surface area contributed by atoms with E-state index >= 15 is 0 Å². The van der Waals surface area contributed by atoms with Gasteiger partial charge in [0.15, 0.2) is 5.78 Å². The molecule has 0 unspecified atom stereocenters. The lowest BCUT2D eigenvalue weighted by Gasteiger charge is -2.59. The predicted molar refractivity (Wildman–Crippen MR) is 118 cm³/mol. The molecule has 6 nitrogen and oxygen atoms in total. The molecule has 4 rings (SSSR count). The number of carbonyl (C=O) groups is 4. The molecule has 0 aromatic rings. The van der Waals surface area contributed by atoms with Gasteiger partial charge < -0.3 is 9.84 Å². The zero-order valence-corrected chi connectivity index (χ0v) is 19.9. The Hall–Kier alpha value is -1.66. The molecular formula is C24H28Cl2O6. The van der Waals surface area contributed by atoms with Crippen LogP contribution in [0.2, 0.25) is 0 Å². The van der Waals surface area contributed by atoms with Crippen molar-refractivity contribution >= 4 is 46.7 Å². The lowest BCUT2D eigenvalue weighted by Crippen LogP contribution is -2.58. The largest absolute Gasteiger partial charge is 0.475 e. The highest BCUT2D eigenvalue weighted by Crippen LogP contribution is 2.66. The molecular weight excluding hydrogens is 455 g/mol. The smallest absolute Gasteiger partial charge is 0.372 e. The van der Waals surface area contributed by atoms with Gasteiger partial charge in [0.2, 0.25) is 10.1 Å². The van der Waals surface area contributed by atoms with E-state index in [0.717, 1.165) is 24.8 Å². The molecule has 0 aromatic heterocycles. The van der Waals surface area contributed by atoms with Gasteiger partial charge >= 0.3 is 11.9 Å². The monoisotopic (exact) mass is 482 g/mol. The molecule has 0 bridgehead atoms. The third-order valence-corrected chi connectivity index (χ3v) is 8.92. The van der Waals surface area contributed by atoms with Crippen molar-refractivity contribution in [3.8, 4) is 0 Å². The highest BCUT2D eigenvalue weighted by atomic mass is 35.5. The number of aliphatic carboxylic acids is 1. The molecule has 0 spiro atoms. The van der Waals surface area contributed by atoms with Crippen molar-refractivity contribution in [1.29, 1.82) is 0 Å². The minimum absolute atomic E-state index is 0.0489. The molecule has 1 N–H and O–H groups in total. The number of hydrogen-bond acceptors (Lipinski definition) is 5. The van der Waals surface area contributed by atoms with Gasteiger partial charge in [0, 0.05) is 17.3 Å². The lowest BCUT2D eigenvalue weighted by atomic mass is 9.46. The number of fused-ring (bicyclic) bond motifs is 5. The van der Waals surface area contributed by atoms with Crippen molar-refractivity contribution in [3.63, 3.8) is 0 Å². The average molecular weight is 483 g/mol. The third kappa shape index (κ3) is 3.54. The number of ether oxygens (including phenoxy) is 1. The summed E-state index contributed by atoms with van der Waals surface area (Å²) in [4.78, 5) is 48.9. The lowest BCUT2D eigenvalue weighted by molar-refractivity contribution is -0.176. The van der Waals surface area contributed by atoms with Crippen LogP contribution in [-0.2, 0) is 23.9 Å². The normalized spacial score (nSPS) is 40.6. The van der Waals surface area contributed by atoms with Crippen LogP contribution < -0.4 is 0 Å². The van der Waals surface area contributed by atoms with Crippen LogP contribution >= 0.6 is 23.2 Å². The zero-order chi connectivity index (χ0) is 23.6. The summed E-state index contributed by atoms with van der Waals surface area (Å²) in [6, 6.07) is 0. The second-order valence-corrected chi connectivity index (χ2v) is 12.1. The summed E-state index contributed by atoms with van der Waals surface area (Å²) in [5.74, 6) is -3.52. The van der Waals surface area contributed by atoms with Crippen molar-refractivity contribution < 1.29 is 29.0 Å². The summed E-state index contributed by atoms with van der Waals surface area (Å²) in [7, 11) is 0. The van der Waals surface area contributed by atoms with E-state index in [0.29, 0.717) is 12.8 Å². The Bertz CT molecular complexity index is 947. The molecule has 3 fully saturated rings. The minimum atomic E-state index is -1.73. The number of carbonyl (C=O) groups excluding carboxylic acids is 3. The highest BCUT2D eigenvalue weighted by Gasteiger charge is 2.64. The van der Waals surface area contributed by atoms with Crippen molar-refractivity contribution in [2.45, 2.75) is 63.3 Å². The number of ketones is 2. The van der Waals surface area contributed by atoms with E-state index in [1.807, 2.05) is 13.0 Å². The third-order valence-electron chi connectivity index (χ3n) is 8.61. The van der Waals surface area contributed by atoms with Crippen LogP contribution in [0.3, 0.4) is 0 Å². The topological polar surface area (TPSA) is 97.7 Å². The van der Waals surface area contributed by atoms with Crippen LogP contribution in [0.4, 0.5) is 0 Å². The fourth-order valence-electron chi connectivity index (χ4n) is 7.22. The minimum Gasteiger partial charge on any atom is -0.475 e. The van der Waals surface area contributed by atoms with E-state index in [-0.39, 0.29) is 23.5 Å². The first-order valence-corrected chi connectivity index (χ1v) is 11.8. The maximum absolute atomic E-state index is 12.7. The zero-order valence-electron chi connectivity index (χ0n) is 18.4. The Balaban J connectivity index is 1.78. The van der Waals surface area contributed by atoms with E-state index < -0.39 is 44.9 Å². The molecule has 4 aliphatic rings.